The van der Waals surface area contributed by atoms with Crippen LogP contribution < -0.4 is 14.3 Å². The largest absolute Gasteiger partial charge is 0.437 e. The van der Waals surface area contributed by atoms with Crippen molar-refractivity contribution in [3.8, 4) is 11.3 Å². The van der Waals surface area contributed by atoms with Crippen molar-refractivity contribution < 1.29 is 22.0 Å². The molecule has 0 saturated carbocycles. The minimum Gasteiger partial charge on any atom is -0.437 e. The summed E-state index contributed by atoms with van der Waals surface area (Å²) in [5, 5.41) is 3.07. The van der Waals surface area contributed by atoms with Gasteiger partial charge in [0, 0.05) is 30.6 Å². The number of aryl methyl sites for hydroxylation is 1. The Morgan fingerprint density at radius 1 is 1.13 bits per heavy atom. The number of rotatable bonds is 11. The number of nitrogens with zero attached hydrogens (tertiary/aromatic N) is 2. The molecule has 38 heavy (non-hydrogen) atoms. The molecule has 0 bridgehead atoms. The molecule has 1 amide bonds. The van der Waals surface area contributed by atoms with Crippen molar-refractivity contribution in [1.29, 1.82) is 0 Å². The van der Waals surface area contributed by atoms with Gasteiger partial charge in [-0.3, -0.25) is 13.8 Å². The molecule has 0 atom stereocenters. The summed E-state index contributed by atoms with van der Waals surface area (Å²) in [7, 11) is -2.16. The van der Waals surface area contributed by atoms with Crippen molar-refractivity contribution in [3.05, 3.63) is 77.6 Å². The van der Waals surface area contributed by atoms with Crippen LogP contribution in [-0.2, 0) is 16.4 Å². The molecular formula is C27H29FN4O4S2. The lowest BCUT2D eigenvalue weighted by Gasteiger charge is -2.23. The second-order valence-electron chi connectivity index (χ2n) is 8.57. The van der Waals surface area contributed by atoms with E-state index in [1.54, 1.807) is 6.07 Å². The van der Waals surface area contributed by atoms with E-state index >= 15 is 0 Å². The van der Waals surface area contributed by atoms with Crippen LogP contribution in [0.2, 0.25) is 0 Å². The Labute approximate surface area is 225 Å². The molecule has 11 heteroatoms. The van der Waals surface area contributed by atoms with E-state index in [2.05, 4.69) is 15.0 Å². The molecule has 4 aromatic rings. The minimum absolute atomic E-state index is 0.126. The molecule has 0 fully saturated rings. The van der Waals surface area contributed by atoms with Gasteiger partial charge >= 0.3 is 0 Å². The van der Waals surface area contributed by atoms with E-state index in [9.17, 15) is 17.6 Å². The molecule has 0 saturated heterocycles. The van der Waals surface area contributed by atoms with E-state index in [1.165, 1.54) is 47.6 Å². The van der Waals surface area contributed by atoms with Gasteiger partial charge in [0.05, 0.1) is 17.2 Å². The highest BCUT2D eigenvalue weighted by Gasteiger charge is 2.27. The first kappa shape index (κ1) is 27.6. The molecule has 0 unspecified atom stereocenters. The summed E-state index contributed by atoms with van der Waals surface area (Å²) in [4.78, 5) is 18.5. The number of carbonyl (C=O) groups excluding carboxylic acids is 1. The van der Waals surface area contributed by atoms with Crippen LogP contribution >= 0.6 is 11.9 Å². The SMILES string of the molecule is CCc1cc2c(C(=O)NC)c(-c3ccc(F)cc3)oc2nc1N(CCCNSc1ccccc1)S(C)(=O)=O. The Morgan fingerprint density at radius 2 is 1.84 bits per heavy atom. The molecule has 2 N–H and O–H groups in total. The Kier molecular flexibility index (Phi) is 8.70. The number of benzene rings is 2. The average molecular weight is 557 g/mol. The number of hydrogen-bond donors (Lipinski definition) is 2. The average Bonchev–Trinajstić information content (AvgIpc) is 3.28. The summed E-state index contributed by atoms with van der Waals surface area (Å²) >= 11 is 1.48. The fraction of sp³-hybridized carbons (Fsp3) is 0.259. The van der Waals surface area contributed by atoms with Crippen molar-refractivity contribution in [3.63, 3.8) is 0 Å². The third-order valence-electron chi connectivity index (χ3n) is 5.89. The quantitative estimate of drug-likeness (QED) is 0.198. The van der Waals surface area contributed by atoms with E-state index < -0.39 is 15.8 Å². The van der Waals surface area contributed by atoms with Crippen molar-refractivity contribution in [2.24, 2.45) is 0 Å². The van der Waals surface area contributed by atoms with Gasteiger partial charge in [0.15, 0.2) is 0 Å². The standard InChI is InChI=1S/C27H29FN4O4S2/c1-4-18-17-22-23(26(33)29-2)24(19-11-13-20(28)14-12-19)36-27(22)31-25(18)32(38(3,34)35)16-8-15-30-37-21-9-6-5-7-10-21/h5-7,9-14,17,30H,4,8,15-16H2,1-3H3,(H,29,33). The van der Waals surface area contributed by atoms with Crippen LogP contribution in [0.15, 0.2) is 70.0 Å². The Bertz CT molecular complexity index is 1520. The summed E-state index contributed by atoms with van der Waals surface area (Å²) in [5.41, 5.74) is 1.55. The first-order valence-corrected chi connectivity index (χ1v) is 14.8. The molecule has 2 aromatic heterocycles. The summed E-state index contributed by atoms with van der Waals surface area (Å²) in [6.45, 7) is 2.68. The predicted molar refractivity (Wildman–Crippen MR) is 149 cm³/mol. The van der Waals surface area contributed by atoms with Crippen LogP contribution in [0.3, 0.4) is 0 Å². The van der Waals surface area contributed by atoms with Gasteiger partial charge in [0.1, 0.15) is 17.4 Å². The number of pyridine rings is 1. The number of hydrogen-bond acceptors (Lipinski definition) is 7. The van der Waals surface area contributed by atoms with Gasteiger partial charge in [-0.2, -0.15) is 4.98 Å². The van der Waals surface area contributed by atoms with Crippen LogP contribution in [0, 0.1) is 5.82 Å². The molecule has 0 radical (unpaired) electrons. The lowest BCUT2D eigenvalue weighted by atomic mass is 10.0. The summed E-state index contributed by atoms with van der Waals surface area (Å²) < 4.78 is 49.7. The third-order valence-corrected chi connectivity index (χ3v) is 7.90. The second-order valence-corrected chi connectivity index (χ2v) is 11.4. The summed E-state index contributed by atoms with van der Waals surface area (Å²) in [6.07, 6.45) is 2.17. The van der Waals surface area contributed by atoms with Gasteiger partial charge in [-0.05, 0) is 72.8 Å². The predicted octanol–water partition coefficient (Wildman–Crippen LogP) is 5.01. The topological polar surface area (TPSA) is 105 Å². The van der Waals surface area contributed by atoms with Crippen LogP contribution in [0.1, 0.15) is 29.3 Å². The Hall–Kier alpha value is -3.41. The maximum atomic E-state index is 13.5. The van der Waals surface area contributed by atoms with Gasteiger partial charge in [-0.1, -0.05) is 25.1 Å². The summed E-state index contributed by atoms with van der Waals surface area (Å²) in [6, 6.07) is 17.2. The smallest absolute Gasteiger partial charge is 0.255 e. The molecule has 2 heterocycles. The highest BCUT2D eigenvalue weighted by atomic mass is 32.2. The summed E-state index contributed by atoms with van der Waals surface area (Å²) in [5.74, 6) is -0.303. The Morgan fingerprint density at radius 3 is 2.47 bits per heavy atom. The minimum atomic E-state index is -3.67. The molecule has 2 aromatic carbocycles. The molecule has 4 rings (SSSR count). The highest BCUT2D eigenvalue weighted by molar-refractivity contribution is 7.97. The molecule has 200 valence electrons. The van der Waals surface area contributed by atoms with Crippen LogP contribution in [0.25, 0.3) is 22.4 Å². The highest BCUT2D eigenvalue weighted by Crippen LogP contribution is 2.36. The lowest BCUT2D eigenvalue weighted by Crippen LogP contribution is -2.33. The second kappa shape index (κ2) is 12.0. The van der Waals surface area contributed by atoms with Gasteiger partial charge in [0.2, 0.25) is 15.7 Å². The van der Waals surface area contributed by atoms with Crippen molar-refractivity contribution in [2.75, 3.05) is 30.7 Å². The fourth-order valence-corrected chi connectivity index (χ4v) is 5.67. The zero-order valence-corrected chi connectivity index (χ0v) is 23.0. The number of halogens is 1. The van der Waals surface area contributed by atoms with E-state index in [1.807, 2.05) is 37.3 Å². The maximum Gasteiger partial charge on any atom is 0.255 e. The van der Waals surface area contributed by atoms with Crippen molar-refractivity contribution in [2.45, 2.75) is 24.7 Å². The van der Waals surface area contributed by atoms with Gasteiger partial charge in [0.25, 0.3) is 5.91 Å². The molecular weight excluding hydrogens is 527 g/mol. The van der Waals surface area contributed by atoms with Gasteiger partial charge < -0.3 is 9.73 Å². The molecule has 0 aliphatic carbocycles. The van der Waals surface area contributed by atoms with E-state index in [4.69, 9.17) is 4.42 Å². The number of aromatic nitrogens is 1. The molecule has 0 spiro atoms. The number of carbonyl (C=O) groups is 1. The number of amides is 1. The van der Waals surface area contributed by atoms with Crippen LogP contribution in [0.5, 0.6) is 0 Å². The first-order valence-electron chi connectivity index (χ1n) is 12.1. The lowest BCUT2D eigenvalue weighted by molar-refractivity contribution is 0.0964. The number of sulfonamides is 1. The Balaban J connectivity index is 1.68. The van der Waals surface area contributed by atoms with E-state index in [0.29, 0.717) is 35.9 Å². The van der Waals surface area contributed by atoms with E-state index in [-0.39, 0.29) is 35.3 Å². The third kappa shape index (κ3) is 6.17. The van der Waals surface area contributed by atoms with Crippen LogP contribution in [-0.4, -0.2) is 45.7 Å². The zero-order chi connectivity index (χ0) is 27.3. The van der Waals surface area contributed by atoms with Crippen molar-refractivity contribution in [1.82, 2.24) is 15.0 Å². The normalized spacial score (nSPS) is 11.6. The van der Waals surface area contributed by atoms with E-state index in [0.717, 1.165) is 11.2 Å². The molecule has 0 aliphatic rings. The maximum absolute atomic E-state index is 13.5. The number of furan rings is 1. The monoisotopic (exact) mass is 556 g/mol. The molecule has 0 aliphatic heterocycles. The zero-order valence-electron chi connectivity index (χ0n) is 21.3. The van der Waals surface area contributed by atoms with Gasteiger partial charge in [-0.25, -0.2) is 12.8 Å². The number of nitrogens with one attached hydrogen (secondary N) is 2. The van der Waals surface area contributed by atoms with Crippen LogP contribution in [0.4, 0.5) is 10.2 Å². The first-order chi connectivity index (χ1) is 18.2. The fourth-order valence-electron chi connectivity index (χ4n) is 4.03. The number of fused-ring (bicyclic) bond motifs is 1. The van der Waals surface area contributed by atoms with Crippen molar-refractivity contribution >= 4 is 44.8 Å². The number of anilines is 1. The molecule has 8 nitrogen and oxygen atoms in total. The van der Waals surface area contributed by atoms with Gasteiger partial charge in [-0.15, -0.1) is 0 Å².